The van der Waals surface area contributed by atoms with Crippen molar-refractivity contribution < 1.29 is 32.2 Å². The van der Waals surface area contributed by atoms with Crippen molar-refractivity contribution in [2.24, 2.45) is 0 Å². The van der Waals surface area contributed by atoms with E-state index in [0.29, 0.717) is 5.69 Å². The summed E-state index contributed by atoms with van der Waals surface area (Å²) in [5.41, 5.74) is -0.921. The molecule has 2 aromatic rings. The first kappa shape index (κ1) is 21.1. The number of benzene rings is 2. The van der Waals surface area contributed by atoms with Crippen molar-refractivity contribution in [3.05, 3.63) is 54.1 Å². The second-order valence-corrected chi connectivity index (χ2v) is 5.67. The maximum atomic E-state index is 13.0. The van der Waals surface area contributed by atoms with E-state index in [1.807, 2.05) is 0 Å². The van der Waals surface area contributed by atoms with Crippen molar-refractivity contribution in [1.82, 2.24) is 0 Å². The number of para-hydroxylation sites is 1. The van der Waals surface area contributed by atoms with Crippen LogP contribution < -0.4 is 15.4 Å². The number of hydrogen-bond acceptors (Lipinski definition) is 4. The van der Waals surface area contributed by atoms with Gasteiger partial charge in [-0.25, -0.2) is 4.79 Å². The highest BCUT2D eigenvalue weighted by Crippen LogP contribution is 2.34. The molecule has 0 heterocycles. The average Bonchev–Trinajstić information content (AvgIpc) is 2.61. The van der Waals surface area contributed by atoms with Crippen LogP contribution in [-0.2, 0) is 15.7 Å². The van der Waals surface area contributed by atoms with Crippen LogP contribution in [0, 0.1) is 0 Å². The Balaban J connectivity index is 2.05. The van der Waals surface area contributed by atoms with Gasteiger partial charge in [-0.15, -0.1) is 0 Å². The molecule has 1 unspecified atom stereocenters. The number of hydrogen-bond donors (Lipinski definition) is 2. The number of anilines is 2. The molecule has 9 heteroatoms. The van der Waals surface area contributed by atoms with Crippen molar-refractivity contribution in [3.8, 4) is 5.75 Å². The smallest absolute Gasteiger partial charge is 0.418 e. The fraction of sp³-hybridized carbons (Fsp3) is 0.263. The quantitative estimate of drug-likeness (QED) is 0.743. The zero-order valence-electron chi connectivity index (χ0n) is 15.2. The number of carbonyl (C=O) groups is 2. The van der Waals surface area contributed by atoms with Crippen molar-refractivity contribution in [2.45, 2.75) is 26.1 Å². The largest absolute Gasteiger partial charge is 0.481 e. The minimum Gasteiger partial charge on any atom is -0.481 e. The summed E-state index contributed by atoms with van der Waals surface area (Å²) in [6.07, 6.45) is -6.32. The van der Waals surface area contributed by atoms with E-state index in [4.69, 9.17) is 9.47 Å². The molecule has 6 nitrogen and oxygen atoms in total. The Morgan fingerprint density at radius 3 is 2.46 bits per heavy atom. The third kappa shape index (κ3) is 5.90. The van der Waals surface area contributed by atoms with Crippen LogP contribution in [0.15, 0.2) is 48.5 Å². The Hall–Kier alpha value is -3.23. The van der Waals surface area contributed by atoms with Crippen LogP contribution >= 0.6 is 0 Å². The number of halogens is 3. The number of ether oxygens (including phenoxy) is 2. The molecule has 1 atom stereocenters. The summed E-state index contributed by atoms with van der Waals surface area (Å²) in [5.74, 6) is -0.499. The minimum atomic E-state index is -4.60. The Morgan fingerprint density at radius 1 is 1.07 bits per heavy atom. The molecule has 0 saturated heterocycles. The standard InChI is InChI=1S/C19H19F3N2O4/c1-3-27-18(26)23-13-7-6-8-14(11-13)28-12(2)17(25)24-16-10-5-4-9-15(16)19(20,21)22/h4-12H,3H2,1-2H3,(H,23,26)(H,24,25). The van der Waals surface area contributed by atoms with Gasteiger partial charge in [0.05, 0.1) is 17.9 Å². The van der Waals surface area contributed by atoms with Gasteiger partial charge in [0, 0.05) is 11.8 Å². The highest BCUT2D eigenvalue weighted by Gasteiger charge is 2.34. The number of rotatable bonds is 6. The molecular weight excluding hydrogens is 377 g/mol. The van der Waals surface area contributed by atoms with Gasteiger partial charge >= 0.3 is 12.3 Å². The molecule has 150 valence electrons. The van der Waals surface area contributed by atoms with E-state index in [0.717, 1.165) is 12.1 Å². The molecule has 0 fully saturated rings. The van der Waals surface area contributed by atoms with Gasteiger partial charge in [0.15, 0.2) is 6.10 Å². The molecule has 2 aromatic carbocycles. The molecule has 0 radical (unpaired) electrons. The van der Waals surface area contributed by atoms with E-state index in [1.54, 1.807) is 25.1 Å². The molecule has 0 aliphatic carbocycles. The van der Waals surface area contributed by atoms with Gasteiger partial charge in [-0.05, 0) is 38.1 Å². The molecule has 0 saturated carbocycles. The van der Waals surface area contributed by atoms with Crippen LogP contribution in [-0.4, -0.2) is 24.7 Å². The van der Waals surface area contributed by atoms with Crippen molar-refractivity contribution in [2.75, 3.05) is 17.2 Å². The number of nitrogens with one attached hydrogen (secondary N) is 2. The lowest BCUT2D eigenvalue weighted by atomic mass is 10.1. The summed E-state index contributed by atoms with van der Waals surface area (Å²) in [4.78, 5) is 23.7. The fourth-order valence-electron chi connectivity index (χ4n) is 2.26. The Morgan fingerprint density at radius 2 is 1.79 bits per heavy atom. The van der Waals surface area contributed by atoms with Crippen molar-refractivity contribution in [1.29, 1.82) is 0 Å². The maximum absolute atomic E-state index is 13.0. The topological polar surface area (TPSA) is 76.7 Å². The van der Waals surface area contributed by atoms with E-state index < -0.39 is 29.8 Å². The molecule has 28 heavy (non-hydrogen) atoms. The van der Waals surface area contributed by atoms with Gasteiger partial charge in [0.1, 0.15) is 5.75 Å². The molecule has 0 aromatic heterocycles. The van der Waals surface area contributed by atoms with Gasteiger partial charge in [-0.1, -0.05) is 18.2 Å². The lowest BCUT2D eigenvalue weighted by Crippen LogP contribution is -2.31. The van der Waals surface area contributed by atoms with E-state index in [-0.39, 0.29) is 18.0 Å². The van der Waals surface area contributed by atoms with Crippen LogP contribution in [0.4, 0.5) is 29.3 Å². The average molecular weight is 396 g/mol. The monoisotopic (exact) mass is 396 g/mol. The second kappa shape index (κ2) is 9.12. The summed E-state index contributed by atoms with van der Waals surface area (Å²) >= 11 is 0. The highest BCUT2D eigenvalue weighted by molar-refractivity contribution is 5.95. The first-order chi connectivity index (χ1) is 13.2. The first-order valence-corrected chi connectivity index (χ1v) is 8.38. The molecule has 0 aliphatic rings. The van der Waals surface area contributed by atoms with Crippen LogP contribution in [0.3, 0.4) is 0 Å². The van der Waals surface area contributed by atoms with Crippen molar-refractivity contribution >= 4 is 23.4 Å². The Bertz CT molecular complexity index is 840. The predicted molar refractivity (Wildman–Crippen MR) is 97.3 cm³/mol. The molecular formula is C19H19F3N2O4. The van der Waals surface area contributed by atoms with Crippen LogP contribution in [0.25, 0.3) is 0 Å². The third-order valence-electron chi connectivity index (χ3n) is 3.53. The van der Waals surface area contributed by atoms with E-state index >= 15 is 0 Å². The summed E-state index contributed by atoms with van der Waals surface area (Å²) < 4.78 is 49.3. The maximum Gasteiger partial charge on any atom is 0.418 e. The third-order valence-corrected chi connectivity index (χ3v) is 3.53. The van der Waals surface area contributed by atoms with Gasteiger partial charge in [0.25, 0.3) is 5.91 Å². The van der Waals surface area contributed by atoms with Crippen LogP contribution in [0.2, 0.25) is 0 Å². The Labute approximate surface area is 159 Å². The number of carbonyl (C=O) groups excluding carboxylic acids is 2. The van der Waals surface area contributed by atoms with E-state index in [1.165, 1.54) is 25.1 Å². The lowest BCUT2D eigenvalue weighted by molar-refractivity contribution is -0.137. The molecule has 0 aliphatic heterocycles. The van der Waals surface area contributed by atoms with Gasteiger partial charge < -0.3 is 14.8 Å². The highest BCUT2D eigenvalue weighted by atomic mass is 19.4. The zero-order valence-corrected chi connectivity index (χ0v) is 15.2. The van der Waals surface area contributed by atoms with E-state index in [2.05, 4.69) is 10.6 Å². The normalized spacial score (nSPS) is 12.0. The van der Waals surface area contributed by atoms with Crippen LogP contribution in [0.1, 0.15) is 19.4 Å². The second-order valence-electron chi connectivity index (χ2n) is 5.67. The SMILES string of the molecule is CCOC(=O)Nc1cccc(OC(C)C(=O)Nc2ccccc2C(F)(F)F)c1. The van der Waals surface area contributed by atoms with Gasteiger partial charge in [0.2, 0.25) is 0 Å². The minimum absolute atomic E-state index is 0.207. The molecule has 0 bridgehead atoms. The summed E-state index contributed by atoms with van der Waals surface area (Å²) in [5, 5.41) is 4.71. The van der Waals surface area contributed by atoms with E-state index in [9.17, 15) is 22.8 Å². The Kier molecular flexibility index (Phi) is 6.86. The van der Waals surface area contributed by atoms with Crippen LogP contribution in [0.5, 0.6) is 5.75 Å². The molecule has 2 amide bonds. The first-order valence-electron chi connectivity index (χ1n) is 8.38. The fourth-order valence-corrected chi connectivity index (χ4v) is 2.26. The predicted octanol–water partition coefficient (Wildman–Crippen LogP) is 4.68. The van der Waals surface area contributed by atoms with Gasteiger partial charge in [-0.3, -0.25) is 10.1 Å². The molecule has 2 rings (SSSR count). The van der Waals surface area contributed by atoms with Crippen molar-refractivity contribution in [3.63, 3.8) is 0 Å². The molecule has 0 spiro atoms. The summed E-state index contributed by atoms with van der Waals surface area (Å²) in [6.45, 7) is 3.27. The lowest BCUT2D eigenvalue weighted by Gasteiger charge is -2.18. The molecule has 2 N–H and O–H groups in total. The summed E-state index contributed by atoms with van der Waals surface area (Å²) in [6, 6.07) is 10.9. The number of amides is 2. The summed E-state index contributed by atoms with van der Waals surface area (Å²) in [7, 11) is 0. The zero-order chi connectivity index (χ0) is 20.7. The van der Waals surface area contributed by atoms with Gasteiger partial charge in [-0.2, -0.15) is 13.2 Å². The number of alkyl halides is 3.